The Morgan fingerprint density at radius 2 is 1.72 bits per heavy atom. The quantitative estimate of drug-likeness (QED) is 0.786. The van der Waals surface area contributed by atoms with Gasteiger partial charge in [0.25, 0.3) is 5.91 Å². The molecule has 25 heavy (non-hydrogen) atoms. The van der Waals surface area contributed by atoms with Gasteiger partial charge in [-0.2, -0.15) is 0 Å². The Hall–Kier alpha value is -2.93. The van der Waals surface area contributed by atoms with Crippen LogP contribution in [-0.4, -0.2) is 39.1 Å². The third kappa shape index (κ3) is 3.06. The molecule has 0 saturated carbocycles. The van der Waals surface area contributed by atoms with Crippen LogP contribution in [0.4, 0.5) is 0 Å². The number of ether oxygens (including phenoxy) is 1. The van der Waals surface area contributed by atoms with Crippen molar-refractivity contribution in [2.24, 2.45) is 0 Å². The monoisotopic (exact) mass is 335 g/mol. The van der Waals surface area contributed by atoms with Crippen molar-refractivity contribution in [3.05, 3.63) is 60.4 Å². The van der Waals surface area contributed by atoms with Gasteiger partial charge in [-0.1, -0.05) is 12.1 Å². The first-order valence-corrected chi connectivity index (χ1v) is 8.16. The first-order chi connectivity index (χ1) is 12.3. The van der Waals surface area contributed by atoms with Gasteiger partial charge in [0.2, 0.25) is 0 Å². The lowest BCUT2D eigenvalue weighted by atomic mass is 9.88. The normalized spacial score (nSPS) is 16.5. The Morgan fingerprint density at radius 3 is 2.48 bits per heavy atom. The Labute approximate surface area is 144 Å². The first-order valence-electron chi connectivity index (χ1n) is 8.16. The molecule has 3 aromatic rings. The number of nitrogens with zero attached hydrogens (tertiary/aromatic N) is 4. The van der Waals surface area contributed by atoms with Gasteiger partial charge in [-0.25, -0.2) is 15.0 Å². The van der Waals surface area contributed by atoms with Crippen molar-refractivity contribution in [3.8, 4) is 0 Å². The van der Waals surface area contributed by atoms with Crippen molar-refractivity contribution < 1.29 is 9.53 Å². The summed E-state index contributed by atoms with van der Waals surface area (Å²) in [5.41, 5.74) is 1.07. The molecular weight excluding hydrogens is 318 g/mol. The minimum atomic E-state index is -0.649. The van der Waals surface area contributed by atoms with Gasteiger partial charge in [-0.05, 0) is 18.2 Å². The number of nitrogens with one attached hydrogen (secondary N) is 1. The maximum Gasteiger partial charge on any atom is 0.272 e. The van der Waals surface area contributed by atoms with Crippen molar-refractivity contribution in [2.75, 3.05) is 13.2 Å². The number of aromatic nitrogens is 4. The Bertz CT molecular complexity index is 894. The SMILES string of the molecule is O=C(NC1(c2ncccn2)CCOCC1)c1cnc2ccccc2n1. The second-order valence-electron chi connectivity index (χ2n) is 5.96. The molecule has 126 valence electrons. The molecule has 1 aliphatic rings. The summed E-state index contributed by atoms with van der Waals surface area (Å²) in [4.78, 5) is 30.3. The van der Waals surface area contributed by atoms with E-state index in [-0.39, 0.29) is 11.6 Å². The summed E-state index contributed by atoms with van der Waals surface area (Å²) < 4.78 is 5.46. The van der Waals surface area contributed by atoms with Gasteiger partial charge in [-0.3, -0.25) is 9.78 Å². The number of hydrogen-bond donors (Lipinski definition) is 1. The smallest absolute Gasteiger partial charge is 0.272 e. The van der Waals surface area contributed by atoms with Crippen molar-refractivity contribution in [3.63, 3.8) is 0 Å². The van der Waals surface area contributed by atoms with Gasteiger partial charge in [0, 0.05) is 38.4 Å². The van der Waals surface area contributed by atoms with Crippen LogP contribution in [0.1, 0.15) is 29.2 Å². The number of fused-ring (bicyclic) bond motifs is 1. The fraction of sp³-hybridized carbons (Fsp3) is 0.278. The summed E-state index contributed by atoms with van der Waals surface area (Å²) in [7, 11) is 0. The minimum Gasteiger partial charge on any atom is -0.381 e. The topological polar surface area (TPSA) is 89.9 Å². The van der Waals surface area contributed by atoms with Crippen LogP contribution in [0, 0.1) is 0 Å². The van der Waals surface area contributed by atoms with Crippen LogP contribution in [0.15, 0.2) is 48.9 Å². The third-order valence-corrected chi connectivity index (χ3v) is 4.37. The number of para-hydroxylation sites is 2. The lowest BCUT2D eigenvalue weighted by molar-refractivity contribution is 0.0312. The van der Waals surface area contributed by atoms with E-state index in [1.807, 2.05) is 24.3 Å². The predicted octanol–water partition coefficient (Wildman–Crippen LogP) is 1.86. The molecule has 0 unspecified atom stereocenters. The van der Waals surface area contributed by atoms with E-state index in [1.54, 1.807) is 18.5 Å². The highest BCUT2D eigenvalue weighted by Gasteiger charge is 2.39. The summed E-state index contributed by atoms with van der Waals surface area (Å²) in [6, 6.07) is 9.22. The molecule has 4 rings (SSSR count). The van der Waals surface area contributed by atoms with Crippen molar-refractivity contribution in [1.29, 1.82) is 0 Å². The zero-order chi connectivity index (χ0) is 17.1. The van der Waals surface area contributed by atoms with Crippen LogP contribution in [-0.2, 0) is 10.3 Å². The lowest BCUT2D eigenvalue weighted by Gasteiger charge is -2.36. The van der Waals surface area contributed by atoms with Crippen LogP contribution in [0.2, 0.25) is 0 Å². The molecule has 2 aromatic heterocycles. The Morgan fingerprint density at radius 1 is 1.00 bits per heavy atom. The van der Waals surface area contributed by atoms with Crippen LogP contribution in [0.25, 0.3) is 11.0 Å². The summed E-state index contributed by atoms with van der Waals surface area (Å²) in [5, 5.41) is 3.08. The Balaban J connectivity index is 1.66. The number of amides is 1. The highest BCUT2D eigenvalue weighted by molar-refractivity contribution is 5.94. The molecule has 0 bridgehead atoms. The highest BCUT2D eigenvalue weighted by atomic mass is 16.5. The number of rotatable bonds is 3. The molecule has 1 amide bonds. The van der Waals surface area contributed by atoms with Gasteiger partial charge in [0.15, 0.2) is 5.82 Å². The molecule has 1 N–H and O–H groups in total. The van der Waals surface area contributed by atoms with Crippen molar-refractivity contribution in [2.45, 2.75) is 18.4 Å². The Kier molecular flexibility index (Phi) is 4.07. The summed E-state index contributed by atoms with van der Waals surface area (Å²) >= 11 is 0. The lowest BCUT2D eigenvalue weighted by Crippen LogP contribution is -2.50. The van der Waals surface area contributed by atoms with Gasteiger partial charge >= 0.3 is 0 Å². The largest absolute Gasteiger partial charge is 0.381 e. The predicted molar refractivity (Wildman–Crippen MR) is 90.8 cm³/mol. The average molecular weight is 335 g/mol. The van der Waals surface area contributed by atoms with E-state index in [9.17, 15) is 4.79 Å². The van der Waals surface area contributed by atoms with Crippen molar-refractivity contribution >= 4 is 16.9 Å². The summed E-state index contributed by atoms with van der Waals surface area (Å²) in [5.74, 6) is 0.313. The zero-order valence-corrected chi connectivity index (χ0v) is 13.6. The molecule has 0 aliphatic carbocycles. The maximum atomic E-state index is 12.8. The molecule has 1 aromatic carbocycles. The average Bonchev–Trinajstić information content (AvgIpc) is 2.69. The summed E-state index contributed by atoms with van der Waals surface area (Å²) in [6.07, 6.45) is 6.09. The van der Waals surface area contributed by atoms with Crippen LogP contribution in [0.5, 0.6) is 0 Å². The van der Waals surface area contributed by atoms with Gasteiger partial charge in [0.05, 0.1) is 17.2 Å². The molecule has 0 spiro atoms. The van der Waals surface area contributed by atoms with Crippen LogP contribution in [0.3, 0.4) is 0 Å². The molecule has 0 radical (unpaired) electrons. The maximum absolute atomic E-state index is 12.8. The fourth-order valence-electron chi connectivity index (χ4n) is 3.02. The molecule has 1 saturated heterocycles. The highest BCUT2D eigenvalue weighted by Crippen LogP contribution is 2.29. The molecule has 7 nitrogen and oxygen atoms in total. The molecular formula is C18H17N5O2. The molecule has 7 heteroatoms. The number of carbonyl (C=O) groups excluding carboxylic acids is 1. The minimum absolute atomic E-state index is 0.278. The van der Waals surface area contributed by atoms with Crippen LogP contribution < -0.4 is 5.32 Å². The molecule has 0 atom stereocenters. The van der Waals surface area contributed by atoms with E-state index in [2.05, 4.69) is 25.3 Å². The van der Waals surface area contributed by atoms with Gasteiger partial charge in [-0.15, -0.1) is 0 Å². The third-order valence-electron chi connectivity index (χ3n) is 4.37. The number of benzene rings is 1. The number of hydrogen-bond acceptors (Lipinski definition) is 6. The molecule has 1 fully saturated rings. The standard InChI is InChI=1S/C18H17N5O2/c24-16(15-12-21-13-4-1-2-5-14(13)22-15)23-18(6-10-25-11-7-18)17-19-8-3-9-20-17/h1-5,8-9,12H,6-7,10-11H2,(H,23,24). The molecule has 1 aliphatic heterocycles. The first kappa shape index (κ1) is 15.6. The zero-order valence-electron chi connectivity index (χ0n) is 13.6. The van der Waals surface area contributed by atoms with E-state index >= 15 is 0 Å². The van der Waals surface area contributed by atoms with Crippen molar-refractivity contribution in [1.82, 2.24) is 25.3 Å². The molecule has 3 heterocycles. The van der Waals surface area contributed by atoms with E-state index < -0.39 is 5.54 Å². The van der Waals surface area contributed by atoms with Gasteiger partial charge < -0.3 is 10.1 Å². The second kappa shape index (κ2) is 6.52. The number of carbonyl (C=O) groups is 1. The van der Waals surface area contributed by atoms with E-state index in [1.165, 1.54) is 6.20 Å². The van der Waals surface area contributed by atoms with E-state index in [4.69, 9.17) is 4.74 Å². The fourth-order valence-corrected chi connectivity index (χ4v) is 3.02. The van der Waals surface area contributed by atoms with E-state index in [0.29, 0.717) is 37.4 Å². The van der Waals surface area contributed by atoms with Crippen LogP contribution >= 0.6 is 0 Å². The van der Waals surface area contributed by atoms with E-state index in [0.717, 1.165) is 5.52 Å². The summed E-state index contributed by atoms with van der Waals surface area (Å²) in [6.45, 7) is 1.09. The second-order valence-corrected chi connectivity index (χ2v) is 5.96. The van der Waals surface area contributed by atoms with Gasteiger partial charge in [0.1, 0.15) is 11.2 Å².